The van der Waals surface area contributed by atoms with Gasteiger partial charge in [-0.3, -0.25) is 4.79 Å². The van der Waals surface area contributed by atoms with Gasteiger partial charge in [-0.2, -0.15) is 0 Å². The Morgan fingerprint density at radius 2 is 1.52 bits per heavy atom. The second-order valence-corrected chi connectivity index (χ2v) is 8.13. The van der Waals surface area contributed by atoms with E-state index in [1.165, 1.54) is 0 Å². The number of hydrogen-bond acceptors (Lipinski definition) is 3. The average molecular weight is 448 g/mol. The van der Waals surface area contributed by atoms with Gasteiger partial charge in [-0.25, -0.2) is 4.79 Å². The van der Waals surface area contributed by atoms with Gasteiger partial charge >= 0.3 is 6.03 Å². The Hall–Kier alpha value is -3.54. The van der Waals surface area contributed by atoms with Crippen molar-refractivity contribution in [2.24, 2.45) is 0 Å². The maximum Gasteiger partial charge on any atom is 0.318 e. The van der Waals surface area contributed by atoms with Crippen LogP contribution in [0.2, 0.25) is 0 Å². The van der Waals surface area contributed by atoms with Gasteiger partial charge in [0, 0.05) is 19.6 Å². The number of carbonyl (C=O) groups is 2. The highest BCUT2D eigenvalue weighted by Gasteiger charge is 2.22. The van der Waals surface area contributed by atoms with Crippen LogP contribution in [0.15, 0.2) is 77.2 Å². The van der Waals surface area contributed by atoms with Crippen molar-refractivity contribution in [2.75, 3.05) is 19.6 Å². The van der Waals surface area contributed by atoms with E-state index in [1.54, 1.807) is 9.80 Å². The van der Waals surface area contributed by atoms with Gasteiger partial charge in [-0.05, 0) is 43.0 Å². The zero-order chi connectivity index (χ0) is 23.5. The summed E-state index contributed by atoms with van der Waals surface area (Å²) in [5, 5.41) is 2.94. The lowest BCUT2D eigenvalue weighted by Crippen LogP contribution is -2.47. The van der Waals surface area contributed by atoms with E-state index in [1.807, 2.05) is 74.5 Å². The average Bonchev–Trinajstić information content (AvgIpc) is 3.25. The Morgan fingerprint density at radius 3 is 2.12 bits per heavy atom. The normalized spacial score (nSPS) is 10.6. The summed E-state index contributed by atoms with van der Waals surface area (Å²) in [5.74, 6) is 1.46. The molecular formula is C27H33N3O3. The highest BCUT2D eigenvalue weighted by Crippen LogP contribution is 2.12. The summed E-state index contributed by atoms with van der Waals surface area (Å²) in [4.78, 5) is 29.5. The van der Waals surface area contributed by atoms with Crippen LogP contribution < -0.4 is 5.32 Å². The molecule has 3 aromatic rings. The number of aryl methyl sites for hydroxylation is 1. The maximum atomic E-state index is 13.3. The first-order chi connectivity index (χ1) is 16.0. The van der Waals surface area contributed by atoms with E-state index in [2.05, 4.69) is 17.4 Å². The molecule has 0 bridgehead atoms. The minimum atomic E-state index is -0.231. The van der Waals surface area contributed by atoms with E-state index in [9.17, 15) is 9.59 Å². The van der Waals surface area contributed by atoms with Gasteiger partial charge in [0.05, 0.1) is 6.54 Å². The summed E-state index contributed by atoms with van der Waals surface area (Å²) in [6.45, 7) is 5.79. The molecule has 0 saturated heterocycles. The third-order valence-corrected chi connectivity index (χ3v) is 5.40. The van der Waals surface area contributed by atoms with E-state index in [4.69, 9.17) is 4.42 Å². The van der Waals surface area contributed by atoms with E-state index < -0.39 is 0 Å². The van der Waals surface area contributed by atoms with Gasteiger partial charge < -0.3 is 19.5 Å². The summed E-state index contributed by atoms with van der Waals surface area (Å²) >= 11 is 0. The van der Waals surface area contributed by atoms with E-state index in [0.717, 1.165) is 35.5 Å². The molecule has 1 aromatic heterocycles. The number of urea groups is 1. The largest absolute Gasteiger partial charge is 0.464 e. The molecule has 0 atom stereocenters. The first kappa shape index (κ1) is 24.1. The van der Waals surface area contributed by atoms with Crippen LogP contribution in [0.25, 0.3) is 0 Å². The smallest absolute Gasteiger partial charge is 0.318 e. The summed E-state index contributed by atoms with van der Waals surface area (Å²) in [7, 11) is 0. The fourth-order valence-electron chi connectivity index (χ4n) is 3.63. The molecule has 0 aliphatic rings. The minimum Gasteiger partial charge on any atom is -0.464 e. The molecule has 0 radical (unpaired) electrons. The highest BCUT2D eigenvalue weighted by atomic mass is 16.3. The molecule has 0 fully saturated rings. The number of amides is 3. The predicted octanol–water partition coefficient (Wildman–Crippen LogP) is 4.78. The number of nitrogens with one attached hydrogen (secondary N) is 1. The van der Waals surface area contributed by atoms with Gasteiger partial charge in [0.1, 0.15) is 18.1 Å². The fraction of sp³-hybridized carbons (Fsp3) is 0.333. The van der Waals surface area contributed by atoms with Crippen molar-refractivity contribution in [3.05, 3.63) is 95.4 Å². The van der Waals surface area contributed by atoms with Gasteiger partial charge in [-0.1, -0.05) is 67.6 Å². The fourth-order valence-corrected chi connectivity index (χ4v) is 3.63. The molecule has 1 heterocycles. The van der Waals surface area contributed by atoms with Crippen molar-refractivity contribution in [1.29, 1.82) is 0 Å². The highest BCUT2D eigenvalue weighted by molar-refractivity contribution is 5.84. The second-order valence-electron chi connectivity index (χ2n) is 8.13. The lowest BCUT2D eigenvalue weighted by atomic mass is 10.1. The Kier molecular flexibility index (Phi) is 9.12. The summed E-state index contributed by atoms with van der Waals surface area (Å²) in [6, 6.07) is 23.4. The minimum absolute atomic E-state index is 0.0307. The van der Waals surface area contributed by atoms with Gasteiger partial charge in [0.15, 0.2) is 0 Å². The van der Waals surface area contributed by atoms with Crippen molar-refractivity contribution < 1.29 is 14.0 Å². The summed E-state index contributed by atoms with van der Waals surface area (Å²) in [6.07, 6.45) is 1.51. The molecule has 1 N–H and O–H groups in total. The monoisotopic (exact) mass is 447 g/mol. The first-order valence-electron chi connectivity index (χ1n) is 11.5. The van der Waals surface area contributed by atoms with Crippen LogP contribution in [-0.4, -0.2) is 41.4 Å². The number of benzene rings is 2. The van der Waals surface area contributed by atoms with Crippen LogP contribution in [0, 0.1) is 6.92 Å². The number of furan rings is 1. The molecule has 3 rings (SSSR count). The predicted molar refractivity (Wildman–Crippen MR) is 130 cm³/mol. The first-order valence-corrected chi connectivity index (χ1v) is 11.5. The standard InChI is InChI=1S/C27H33N3O3/c1-3-17-30(27(32)28-19-24-12-8-5-9-13-24)21-26(31)29(20-25-15-14-22(2)33-25)18-16-23-10-6-4-7-11-23/h4-15H,3,16-21H2,1-2H3,(H,28,32). The molecule has 2 aromatic carbocycles. The van der Waals surface area contributed by atoms with Crippen LogP contribution in [-0.2, 0) is 24.3 Å². The topological polar surface area (TPSA) is 65.8 Å². The van der Waals surface area contributed by atoms with Crippen LogP contribution in [0.5, 0.6) is 0 Å². The zero-order valence-corrected chi connectivity index (χ0v) is 19.5. The van der Waals surface area contributed by atoms with Gasteiger partial charge in [0.25, 0.3) is 0 Å². The molecule has 0 saturated carbocycles. The molecule has 0 unspecified atom stereocenters. The Bertz CT molecular complexity index is 1000. The van der Waals surface area contributed by atoms with E-state index in [0.29, 0.717) is 26.2 Å². The quantitative estimate of drug-likeness (QED) is 0.460. The number of carbonyl (C=O) groups excluding carboxylic acids is 2. The molecule has 174 valence electrons. The van der Waals surface area contributed by atoms with Crippen LogP contribution in [0.1, 0.15) is 36.0 Å². The van der Waals surface area contributed by atoms with E-state index >= 15 is 0 Å². The summed E-state index contributed by atoms with van der Waals surface area (Å²) in [5.41, 5.74) is 2.18. The van der Waals surface area contributed by atoms with Gasteiger partial charge in [-0.15, -0.1) is 0 Å². The zero-order valence-electron chi connectivity index (χ0n) is 19.5. The lowest BCUT2D eigenvalue weighted by Gasteiger charge is -2.27. The summed E-state index contributed by atoms with van der Waals surface area (Å²) < 4.78 is 5.72. The number of hydrogen-bond donors (Lipinski definition) is 1. The van der Waals surface area contributed by atoms with Crippen LogP contribution in [0.4, 0.5) is 4.79 Å². The van der Waals surface area contributed by atoms with Crippen molar-refractivity contribution >= 4 is 11.9 Å². The molecule has 3 amide bonds. The SMILES string of the molecule is CCCN(CC(=O)N(CCc1ccccc1)Cc1ccc(C)o1)C(=O)NCc1ccccc1. The lowest BCUT2D eigenvalue weighted by molar-refractivity contribution is -0.132. The Balaban J connectivity index is 1.65. The van der Waals surface area contributed by atoms with E-state index in [-0.39, 0.29) is 18.5 Å². The molecule has 0 spiro atoms. The number of rotatable bonds is 11. The molecule has 6 nitrogen and oxygen atoms in total. The van der Waals surface area contributed by atoms with Crippen molar-refractivity contribution in [1.82, 2.24) is 15.1 Å². The third kappa shape index (κ3) is 7.83. The second kappa shape index (κ2) is 12.5. The Morgan fingerprint density at radius 1 is 0.848 bits per heavy atom. The Labute approximate surface area is 196 Å². The molecule has 0 aliphatic carbocycles. The van der Waals surface area contributed by atoms with Gasteiger partial charge in [0.2, 0.25) is 5.91 Å². The third-order valence-electron chi connectivity index (χ3n) is 5.40. The van der Waals surface area contributed by atoms with Crippen molar-refractivity contribution in [3.63, 3.8) is 0 Å². The van der Waals surface area contributed by atoms with Crippen LogP contribution in [0.3, 0.4) is 0 Å². The van der Waals surface area contributed by atoms with Crippen molar-refractivity contribution in [3.8, 4) is 0 Å². The molecule has 33 heavy (non-hydrogen) atoms. The molecule has 0 aliphatic heterocycles. The van der Waals surface area contributed by atoms with Crippen LogP contribution >= 0.6 is 0 Å². The molecular weight excluding hydrogens is 414 g/mol. The maximum absolute atomic E-state index is 13.3. The number of nitrogens with zero attached hydrogens (tertiary/aromatic N) is 2. The molecule has 6 heteroatoms. The van der Waals surface area contributed by atoms with Crippen molar-refractivity contribution in [2.45, 2.75) is 39.8 Å².